The molecular weight excluding hydrogens is 833 g/mol. The summed E-state index contributed by atoms with van der Waals surface area (Å²) in [6, 6.07) is 23.3. The molecule has 0 saturated carbocycles. The first-order valence-electron chi connectivity index (χ1n) is 26.5. The van der Waals surface area contributed by atoms with Crippen LogP contribution in [0.5, 0.6) is 11.5 Å². The maximum Gasteiger partial charge on any atom is 0.183 e. The zero-order valence-corrected chi connectivity index (χ0v) is 42.3. The standard InChI is InChI=1S/C60H90O7/c1-5-7-9-11-13-15-17-19-21-23-25-27-29-31-39-48-55(62)58(64,50-61)60(65,56(63)49-40-32-30-28-26-24-22-20-18-16-14-12-10-8-6-2)59(51-42-35-33-36-43-51,52-44-37-34-38-45-52)53-46-41-47-54(66-3)57(53)67-4/h19-22,33-38,41-47,61,64-65H,5-18,23-32,39-40,48-50H2,1-4H3. The van der Waals surface area contributed by atoms with E-state index in [-0.39, 0.29) is 18.6 Å². The summed E-state index contributed by atoms with van der Waals surface area (Å²) in [6.45, 7) is 3.33. The molecule has 2 unspecified atom stereocenters. The first-order chi connectivity index (χ1) is 32.7. The number of hydrogen-bond donors (Lipinski definition) is 3. The monoisotopic (exact) mass is 923 g/mol. The molecule has 0 fully saturated rings. The van der Waals surface area contributed by atoms with Gasteiger partial charge in [-0.1, -0.05) is 214 Å². The third kappa shape index (κ3) is 16.9. The normalized spacial score (nSPS) is 13.8. The fourth-order valence-corrected chi connectivity index (χ4v) is 9.90. The predicted octanol–water partition coefficient (Wildman–Crippen LogP) is 14.7. The third-order valence-electron chi connectivity index (χ3n) is 13.8. The molecule has 0 amide bonds. The van der Waals surface area contributed by atoms with Crippen molar-refractivity contribution in [3.05, 3.63) is 120 Å². The van der Waals surface area contributed by atoms with Crippen molar-refractivity contribution >= 4 is 11.6 Å². The average Bonchev–Trinajstić information content (AvgIpc) is 3.36. The fraction of sp³-hybridized carbons (Fsp3) is 0.600. The predicted molar refractivity (Wildman–Crippen MR) is 278 cm³/mol. The number of benzene rings is 3. The third-order valence-corrected chi connectivity index (χ3v) is 13.8. The lowest BCUT2D eigenvalue weighted by Gasteiger charge is -2.54. The van der Waals surface area contributed by atoms with Gasteiger partial charge in [-0.3, -0.25) is 9.59 Å². The zero-order valence-electron chi connectivity index (χ0n) is 42.3. The minimum absolute atomic E-state index is 0.118. The van der Waals surface area contributed by atoms with Crippen molar-refractivity contribution in [2.75, 3.05) is 20.8 Å². The number of hydrogen-bond acceptors (Lipinski definition) is 7. The van der Waals surface area contributed by atoms with Crippen LogP contribution in [-0.2, 0) is 15.0 Å². The van der Waals surface area contributed by atoms with Crippen molar-refractivity contribution in [1.29, 1.82) is 0 Å². The first-order valence-corrected chi connectivity index (χ1v) is 26.5. The molecule has 3 rings (SSSR count). The molecule has 0 aliphatic rings. The quantitative estimate of drug-likeness (QED) is 0.0296. The molecule has 0 bridgehead atoms. The molecule has 0 saturated heterocycles. The van der Waals surface area contributed by atoms with E-state index in [1.807, 2.05) is 12.1 Å². The number of carbonyl (C=O) groups excluding carboxylic acids is 2. The van der Waals surface area contributed by atoms with Gasteiger partial charge in [-0.2, -0.15) is 0 Å². The van der Waals surface area contributed by atoms with Gasteiger partial charge in [0, 0.05) is 18.4 Å². The van der Waals surface area contributed by atoms with Crippen LogP contribution in [0.3, 0.4) is 0 Å². The highest BCUT2D eigenvalue weighted by Gasteiger charge is 2.70. The number of carbonyl (C=O) groups is 2. The van der Waals surface area contributed by atoms with Crippen molar-refractivity contribution in [1.82, 2.24) is 0 Å². The van der Waals surface area contributed by atoms with Gasteiger partial charge in [0.1, 0.15) is 0 Å². The van der Waals surface area contributed by atoms with Gasteiger partial charge in [-0.15, -0.1) is 0 Å². The maximum atomic E-state index is 15.5. The summed E-state index contributed by atoms with van der Waals surface area (Å²) in [4.78, 5) is 30.3. The molecule has 0 spiro atoms. The Bertz CT molecular complexity index is 1780. The molecule has 67 heavy (non-hydrogen) atoms. The van der Waals surface area contributed by atoms with Crippen molar-refractivity contribution in [3.8, 4) is 11.5 Å². The highest BCUT2D eigenvalue weighted by atomic mass is 16.5. The molecule has 2 atom stereocenters. The molecule has 0 aliphatic carbocycles. The minimum atomic E-state index is -2.92. The summed E-state index contributed by atoms with van der Waals surface area (Å²) in [5.74, 6) is -0.923. The van der Waals surface area contributed by atoms with Crippen LogP contribution in [0.15, 0.2) is 103 Å². The smallest absolute Gasteiger partial charge is 0.183 e. The lowest BCUT2D eigenvalue weighted by atomic mass is 9.51. The van der Waals surface area contributed by atoms with Gasteiger partial charge < -0.3 is 24.8 Å². The van der Waals surface area contributed by atoms with E-state index in [9.17, 15) is 20.1 Å². The van der Waals surface area contributed by atoms with E-state index in [0.29, 0.717) is 35.3 Å². The van der Waals surface area contributed by atoms with E-state index in [1.165, 1.54) is 91.3 Å². The Morgan fingerprint density at radius 2 is 0.866 bits per heavy atom. The number of aliphatic hydroxyl groups is 3. The van der Waals surface area contributed by atoms with Gasteiger partial charge in [0.25, 0.3) is 0 Å². The number of para-hydroxylation sites is 1. The Balaban J connectivity index is 1.89. The molecule has 0 aromatic heterocycles. The van der Waals surface area contributed by atoms with Crippen LogP contribution >= 0.6 is 0 Å². The number of methoxy groups -OCH3 is 2. The fourth-order valence-electron chi connectivity index (χ4n) is 9.90. The molecular formula is C60H90O7. The van der Waals surface area contributed by atoms with Gasteiger partial charge in [-0.25, -0.2) is 0 Å². The minimum Gasteiger partial charge on any atom is -0.493 e. The van der Waals surface area contributed by atoms with Gasteiger partial charge in [0.2, 0.25) is 0 Å². The van der Waals surface area contributed by atoms with Crippen LogP contribution in [0, 0.1) is 0 Å². The molecule has 3 aromatic carbocycles. The summed E-state index contributed by atoms with van der Waals surface area (Å²) in [5.41, 5.74) is -6.61. The summed E-state index contributed by atoms with van der Waals surface area (Å²) in [7, 11) is 3.00. The lowest BCUT2D eigenvalue weighted by molar-refractivity contribution is -0.201. The number of Topliss-reactive ketones (excluding diaryl/α,β-unsaturated/α-hetero) is 2. The van der Waals surface area contributed by atoms with Crippen LogP contribution < -0.4 is 9.47 Å². The Kier molecular flexibility index (Phi) is 28.6. The number of aliphatic hydroxyl groups excluding tert-OH is 1. The first kappa shape index (κ1) is 57.3. The van der Waals surface area contributed by atoms with Crippen molar-refractivity contribution in [2.45, 2.75) is 210 Å². The Morgan fingerprint density at radius 3 is 1.25 bits per heavy atom. The van der Waals surface area contributed by atoms with E-state index >= 15 is 4.79 Å². The number of rotatable bonds is 40. The summed E-state index contributed by atoms with van der Waals surface area (Å²) >= 11 is 0. The van der Waals surface area contributed by atoms with E-state index < -0.39 is 34.8 Å². The number of unbranched alkanes of at least 4 members (excludes halogenated alkanes) is 22. The van der Waals surface area contributed by atoms with Crippen molar-refractivity contribution in [2.24, 2.45) is 0 Å². The Labute approximate surface area is 406 Å². The van der Waals surface area contributed by atoms with Gasteiger partial charge >= 0.3 is 0 Å². The maximum absolute atomic E-state index is 15.5. The molecule has 0 aliphatic heterocycles. The largest absolute Gasteiger partial charge is 0.493 e. The van der Waals surface area contributed by atoms with E-state index in [0.717, 1.165) is 77.0 Å². The molecule has 3 aromatic rings. The second-order valence-corrected chi connectivity index (χ2v) is 18.8. The Morgan fingerprint density at radius 1 is 0.478 bits per heavy atom. The average molecular weight is 923 g/mol. The molecule has 7 nitrogen and oxygen atoms in total. The zero-order chi connectivity index (χ0) is 48.5. The SMILES string of the molecule is CCCCCCCCC=CCCCCCCCC(=O)C(O)(CO)C(O)(C(=O)CCCCCCCC=CCCCCCCCC)C(c1ccccc1)(c1ccccc1)c1cccc(OC)c1OC. The van der Waals surface area contributed by atoms with Crippen LogP contribution in [0.1, 0.15) is 210 Å². The van der Waals surface area contributed by atoms with Crippen LogP contribution in [-0.4, -0.2) is 58.9 Å². The van der Waals surface area contributed by atoms with Gasteiger partial charge in [-0.05, 0) is 81.4 Å². The van der Waals surface area contributed by atoms with Gasteiger partial charge in [0.15, 0.2) is 34.3 Å². The van der Waals surface area contributed by atoms with E-state index in [4.69, 9.17) is 9.47 Å². The summed E-state index contributed by atoms with van der Waals surface area (Å²) in [5, 5.41) is 38.5. The molecule has 0 radical (unpaired) electrons. The molecule has 3 N–H and O–H groups in total. The molecule has 372 valence electrons. The number of allylic oxidation sites excluding steroid dienone is 4. The van der Waals surface area contributed by atoms with Crippen LogP contribution in [0.2, 0.25) is 0 Å². The molecule has 0 heterocycles. The molecule has 7 heteroatoms. The lowest BCUT2D eigenvalue weighted by Crippen LogP contribution is -2.75. The summed E-state index contributed by atoms with van der Waals surface area (Å²) < 4.78 is 11.9. The highest BCUT2D eigenvalue weighted by Crippen LogP contribution is 2.56. The van der Waals surface area contributed by atoms with Gasteiger partial charge in [0.05, 0.1) is 26.2 Å². The van der Waals surface area contributed by atoms with E-state index in [2.05, 4.69) is 38.2 Å². The van der Waals surface area contributed by atoms with Crippen LogP contribution in [0.4, 0.5) is 0 Å². The topological polar surface area (TPSA) is 113 Å². The number of ether oxygens (including phenoxy) is 2. The highest BCUT2D eigenvalue weighted by molar-refractivity contribution is 6.02. The summed E-state index contributed by atoms with van der Waals surface area (Å²) in [6.07, 6.45) is 37.2. The second-order valence-electron chi connectivity index (χ2n) is 18.8. The van der Waals surface area contributed by atoms with Crippen molar-refractivity contribution in [3.63, 3.8) is 0 Å². The Hall–Kier alpha value is -4.04. The second kappa shape index (κ2) is 33.5. The van der Waals surface area contributed by atoms with E-state index in [1.54, 1.807) is 66.7 Å². The van der Waals surface area contributed by atoms with Crippen molar-refractivity contribution < 1.29 is 34.4 Å². The van der Waals surface area contributed by atoms with Crippen LogP contribution in [0.25, 0.3) is 0 Å². The number of ketones is 2.